The largest absolute Gasteiger partial charge is 0.376 e. The van der Waals surface area contributed by atoms with E-state index in [0.29, 0.717) is 6.10 Å². The van der Waals surface area contributed by atoms with Gasteiger partial charge in [-0.25, -0.2) is 0 Å². The maximum atomic E-state index is 5.88. The predicted molar refractivity (Wildman–Crippen MR) is 94.1 cm³/mol. The second-order valence-electron chi connectivity index (χ2n) is 5.74. The molecular weight excluding hydrogens is 274 g/mol. The van der Waals surface area contributed by atoms with Gasteiger partial charge in [-0.15, -0.1) is 5.92 Å². The normalized spacial score (nSPS) is 20.5. The van der Waals surface area contributed by atoms with Gasteiger partial charge in [0.2, 0.25) is 0 Å². The lowest BCUT2D eigenvalue weighted by molar-refractivity contribution is -0.0544. The molecule has 0 atom stereocenters. The highest BCUT2D eigenvalue weighted by Gasteiger charge is 2.25. The molecule has 2 heterocycles. The van der Waals surface area contributed by atoms with Crippen molar-refractivity contribution in [3.8, 4) is 11.8 Å². The molecule has 22 heavy (non-hydrogen) atoms. The van der Waals surface area contributed by atoms with E-state index in [1.807, 2.05) is 20.8 Å². The molecule has 2 fully saturated rings. The summed E-state index contributed by atoms with van der Waals surface area (Å²) in [4.78, 5) is 7.42. The minimum atomic E-state index is 0.499. The van der Waals surface area contributed by atoms with Gasteiger partial charge in [0.1, 0.15) is 0 Å². The Morgan fingerprint density at radius 2 is 1.64 bits per heavy atom. The van der Waals surface area contributed by atoms with Crippen molar-refractivity contribution >= 4 is 0 Å². The zero-order valence-electron chi connectivity index (χ0n) is 15.1. The van der Waals surface area contributed by atoms with Gasteiger partial charge in [-0.05, 0) is 19.9 Å². The van der Waals surface area contributed by atoms with Crippen molar-refractivity contribution < 1.29 is 4.74 Å². The van der Waals surface area contributed by atoms with Crippen molar-refractivity contribution in [2.24, 2.45) is 0 Å². The van der Waals surface area contributed by atoms with Crippen LogP contribution < -0.4 is 0 Å². The van der Waals surface area contributed by atoms with Crippen LogP contribution in [0.3, 0.4) is 0 Å². The van der Waals surface area contributed by atoms with Crippen molar-refractivity contribution in [3.05, 3.63) is 0 Å². The number of nitrogens with zero attached hydrogens (tertiary/aromatic N) is 3. The van der Waals surface area contributed by atoms with E-state index in [-0.39, 0.29) is 0 Å². The van der Waals surface area contributed by atoms with Crippen LogP contribution in [0.15, 0.2) is 0 Å². The second kappa shape index (κ2) is 11.9. The summed E-state index contributed by atoms with van der Waals surface area (Å²) in [5.41, 5.74) is 0. The lowest BCUT2D eigenvalue weighted by atomic mass is 10.2. The van der Waals surface area contributed by atoms with Crippen molar-refractivity contribution in [1.29, 1.82) is 0 Å². The average Bonchev–Trinajstić information content (AvgIpc) is 2.54. The number of rotatable bonds is 7. The number of hydrogen-bond donors (Lipinski definition) is 0. The summed E-state index contributed by atoms with van der Waals surface area (Å²) >= 11 is 0. The fraction of sp³-hybridized carbons (Fsp3) is 0.889. The van der Waals surface area contributed by atoms with Gasteiger partial charge in [0, 0.05) is 52.4 Å². The van der Waals surface area contributed by atoms with Crippen LogP contribution >= 0.6 is 0 Å². The molecule has 2 aliphatic rings. The van der Waals surface area contributed by atoms with E-state index >= 15 is 0 Å². The Bertz CT molecular complexity index is 323. The minimum absolute atomic E-state index is 0.499. The molecule has 4 heteroatoms. The van der Waals surface area contributed by atoms with Gasteiger partial charge in [-0.1, -0.05) is 26.7 Å². The van der Waals surface area contributed by atoms with Gasteiger partial charge in [-0.2, -0.15) is 0 Å². The van der Waals surface area contributed by atoms with E-state index in [0.717, 1.165) is 52.3 Å². The summed E-state index contributed by atoms with van der Waals surface area (Å²) in [5, 5.41) is 0. The van der Waals surface area contributed by atoms with E-state index in [4.69, 9.17) is 4.74 Å². The summed E-state index contributed by atoms with van der Waals surface area (Å²) in [7, 11) is 0. The molecule has 128 valence electrons. The molecule has 0 N–H and O–H groups in total. The first-order chi connectivity index (χ1) is 10.8. The molecule has 0 aromatic carbocycles. The SMILES string of the molecule is CC.CC#CCN1CCN(CCCOC2CN(CC)C2)CC1. The molecule has 0 amide bonds. The zero-order valence-corrected chi connectivity index (χ0v) is 15.1. The fourth-order valence-electron chi connectivity index (χ4n) is 2.79. The smallest absolute Gasteiger partial charge is 0.0828 e. The Hall–Kier alpha value is -0.600. The number of piperazine rings is 1. The molecule has 2 aliphatic heterocycles. The first-order valence-electron chi connectivity index (χ1n) is 9.00. The standard InChI is InChI=1S/C16H29N3O.C2H6/c1-3-5-7-18-9-11-19(12-10-18)8-6-13-20-16-14-17(4-2)15-16;1-2/h16H,4,6-15H2,1-2H3;1-2H3. The van der Waals surface area contributed by atoms with E-state index in [2.05, 4.69) is 33.5 Å². The van der Waals surface area contributed by atoms with Crippen molar-refractivity contribution in [1.82, 2.24) is 14.7 Å². The van der Waals surface area contributed by atoms with Gasteiger partial charge in [0.05, 0.1) is 12.6 Å². The molecule has 0 aromatic heterocycles. The average molecular weight is 309 g/mol. The third-order valence-electron chi connectivity index (χ3n) is 4.29. The highest BCUT2D eigenvalue weighted by Crippen LogP contribution is 2.11. The number of ether oxygens (including phenoxy) is 1. The summed E-state index contributed by atoms with van der Waals surface area (Å²) in [5.74, 6) is 6.12. The predicted octanol–water partition coefficient (Wildman–Crippen LogP) is 1.76. The molecule has 0 bridgehead atoms. The van der Waals surface area contributed by atoms with E-state index in [9.17, 15) is 0 Å². The Kier molecular flexibility index (Phi) is 10.5. The van der Waals surface area contributed by atoms with Crippen LogP contribution in [0.25, 0.3) is 0 Å². The first-order valence-corrected chi connectivity index (χ1v) is 9.00. The maximum absolute atomic E-state index is 5.88. The van der Waals surface area contributed by atoms with Gasteiger partial charge in [0.25, 0.3) is 0 Å². The monoisotopic (exact) mass is 309 g/mol. The van der Waals surface area contributed by atoms with Crippen LogP contribution in [-0.4, -0.2) is 86.3 Å². The minimum Gasteiger partial charge on any atom is -0.376 e. The Labute approximate surface area is 137 Å². The Morgan fingerprint density at radius 1 is 1.00 bits per heavy atom. The van der Waals surface area contributed by atoms with Crippen molar-refractivity contribution in [2.45, 2.75) is 40.2 Å². The van der Waals surface area contributed by atoms with Gasteiger partial charge < -0.3 is 9.64 Å². The van der Waals surface area contributed by atoms with Crippen LogP contribution in [0.5, 0.6) is 0 Å². The van der Waals surface area contributed by atoms with Crippen LogP contribution in [0, 0.1) is 11.8 Å². The van der Waals surface area contributed by atoms with Crippen molar-refractivity contribution in [3.63, 3.8) is 0 Å². The maximum Gasteiger partial charge on any atom is 0.0828 e. The molecule has 0 saturated carbocycles. The summed E-state index contributed by atoms with van der Waals surface area (Å²) < 4.78 is 5.88. The Morgan fingerprint density at radius 3 is 2.23 bits per heavy atom. The zero-order chi connectivity index (χ0) is 16.2. The van der Waals surface area contributed by atoms with Crippen LogP contribution in [0.1, 0.15) is 34.1 Å². The second-order valence-corrected chi connectivity index (χ2v) is 5.74. The number of likely N-dealkylation sites (tertiary alicyclic amines) is 1. The van der Waals surface area contributed by atoms with Crippen LogP contribution in [-0.2, 0) is 4.74 Å². The highest BCUT2D eigenvalue weighted by atomic mass is 16.5. The highest BCUT2D eigenvalue weighted by molar-refractivity contribution is 4.98. The van der Waals surface area contributed by atoms with Gasteiger partial charge in [0.15, 0.2) is 0 Å². The molecule has 0 spiro atoms. The van der Waals surface area contributed by atoms with Crippen molar-refractivity contribution in [2.75, 3.05) is 65.5 Å². The molecule has 2 rings (SSSR count). The summed E-state index contributed by atoms with van der Waals surface area (Å²) in [6, 6.07) is 0. The molecule has 2 saturated heterocycles. The molecule has 0 radical (unpaired) electrons. The number of hydrogen-bond acceptors (Lipinski definition) is 4. The third kappa shape index (κ3) is 7.11. The van der Waals surface area contributed by atoms with Gasteiger partial charge >= 0.3 is 0 Å². The van der Waals surface area contributed by atoms with Gasteiger partial charge in [-0.3, -0.25) is 9.80 Å². The van der Waals surface area contributed by atoms with E-state index in [1.54, 1.807) is 0 Å². The van der Waals surface area contributed by atoms with E-state index < -0.39 is 0 Å². The fourth-order valence-corrected chi connectivity index (χ4v) is 2.79. The Balaban J connectivity index is 0.00000116. The molecule has 0 unspecified atom stereocenters. The van der Waals surface area contributed by atoms with Crippen LogP contribution in [0.2, 0.25) is 0 Å². The third-order valence-corrected chi connectivity index (χ3v) is 4.29. The summed E-state index contributed by atoms with van der Waals surface area (Å²) in [6.07, 6.45) is 1.66. The molecule has 0 aromatic rings. The topological polar surface area (TPSA) is 19.0 Å². The lowest BCUT2D eigenvalue weighted by Crippen LogP contribution is -2.52. The van der Waals surface area contributed by atoms with Crippen LogP contribution in [0.4, 0.5) is 0 Å². The molecular formula is C18H35N3O. The first kappa shape index (κ1) is 19.4. The lowest BCUT2D eigenvalue weighted by Gasteiger charge is -2.38. The molecule has 0 aliphatic carbocycles. The quantitative estimate of drug-likeness (QED) is 0.527. The summed E-state index contributed by atoms with van der Waals surface area (Å²) in [6.45, 7) is 19.3. The molecule has 4 nitrogen and oxygen atoms in total. The number of likely N-dealkylation sites (N-methyl/N-ethyl adjacent to an activating group) is 1. The van der Waals surface area contributed by atoms with E-state index in [1.165, 1.54) is 19.6 Å².